The standard InChI is InChI=1S/C20H24N4O4/c1-21-20(22-7-6-15-4-5-16-18(13-15)28-14-27-16)24-10-8-23(9-11-24)19(25)17-3-2-12-26-17/h2-5,12-13H,6-11,14H2,1H3,(H,21,22). The van der Waals surface area contributed by atoms with E-state index in [2.05, 4.69) is 21.3 Å². The Morgan fingerprint density at radius 2 is 1.89 bits per heavy atom. The van der Waals surface area contributed by atoms with Crippen LogP contribution in [0.15, 0.2) is 46.0 Å². The summed E-state index contributed by atoms with van der Waals surface area (Å²) in [6.07, 6.45) is 2.38. The lowest BCUT2D eigenvalue weighted by Crippen LogP contribution is -2.53. The molecule has 28 heavy (non-hydrogen) atoms. The summed E-state index contributed by atoms with van der Waals surface area (Å²) < 4.78 is 16.0. The van der Waals surface area contributed by atoms with Crippen molar-refractivity contribution < 1.29 is 18.7 Å². The Morgan fingerprint density at radius 3 is 2.64 bits per heavy atom. The molecule has 1 fully saturated rings. The zero-order valence-corrected chi connectivity index (χ0v) is 15.9. The van der Waals surface area contributed by atoms with Gasteiger partial charge in [-0.2, -0.15) is 0 Å². The topological polar surface area (TPSA) is 79.5 Å². The van der Waals surface area contributed by atoms with Crippen LogP contribution in [0.3, 0.4) is 0 Å². The first-order chi connectivity index (χ1) is 13.7. The van der Waals surface area contributed by atoms with E-state index in [0.717, 1.165) is 43.5 Å². The number of furan rings is 1. The van der Waals surface area contributed by atoms with Crippen LogP contribution in [-0.2, 0) is 6.42 Å². The van der Waals surface area contributed by atoms with E-state index >= 15 is 0 Å². The molecular formula is C20H24N4O4. The van der Waals surface area contributed by atoms with Crippen molar-refractivity contribution in [1.82, 2.24) is 15.1 Å². The number of amides is 1. The molecule has 2 aliphatic heterocycles. The molecule has 2 aliphatic rings. The quantitative estimate of drug-likeness (QED) is 0.637. The highest BCUT2D eigenvalue weighted by atomic mass is 16.7. The van der Waals surface area contributed by atoms with Crippen LogP contribution < -0.4 is 14.8 Å². The van der Waals surface area contributed by atoms with Gasteiger partial charge in [-0.1, -0.05) is 6.07 Å². The third kappa shape index (κ3) is 3.90. The van der Waals surface area contributed by atoms with E-state index < -0.39 is 0 Å². The number of benzene rings is 1. The SMILES string of the molecule is CN=C(NCCc1ccc2c(c1)OCO2)N1CCN(C(=O)c2ccco2)CC1. The van der Waals surface area contributed by atoms with Gasteiger partial charge in [0.15, 0.2) is 23.2 Å². The van der Waals surface area contributed by atoms with Gasteiger partial charge in [-0.3, -0.25) is 9.79 Å². The van der Waals surface area contributed by atoms with Crippen LogP contribution in [0, 0.1) is 0 Å². The maximum absolute atomic E-state index is 12.4. The summed E-state index contributed by atoms with van der Waals surface area (Å²) in [6, 6.07) is 9.45. The summed E-state index contributed by atoms with van der Waals surface area (Å²) in [5.41, 5.74) is 1.18. The minimum Gasteiger partial charge on any atom is -0.459 e. The van der Waals surface area contributed by atoms with Gasteiger partial charge < -0.3 is 29.0 Å². The lowest BCUT2D eigenvalue weighted by Gasteiger charge is -2.36. The predicted molar refractivity (Wildman–Crippen MR) is 104 cm³/mol. The molecule has 1 N–H and O–H groups in total. The zero-order valence-electron chi connectivity index (χ0n) is 15.9. The molecule has 0 spiro atoms. The molecule has 148 valence electrons. The van der Waals surface area contributed by atoms with Crippen molar-refractivity contribution in [3.05, 3.63) is 47.9 Å². The number of hydrogen-bond donors (Lipinski definition) is 1. The number of nitrogens with zero attached hydrogens (tertiary/aromatic N) is 3. The van der Waals surface area contributed by atoms with Gasteiger partial charge in [-0.15, -0.1) is 0 Å². The second-order valence-corrected chi connectivity index (χ2v) is 6.67. The van der Waals surface area contributed by atoms with Gasteiger partial charge in [-0.25, -0.2) is 0 Å². The Morgan fingerprint density at radius 1 is 1.11 bits per heavy atom. The molecule has 0 aliphatic carbocycles. The smallest absolute Gasteiger partial charge is 0.289 e. The molecule has 0 saturated carbocycles. The predicted octanol–water partition coefficient (Wildman–Crippen LogP) is 1.58. The molecule has 2 aromatic rings. The second kappa shape index (κ2) is 8.24. The van der Waals surface area contributed by atoms with Crippen LogP contribution in [0.5, 0.6) is 11.5 Å². The van der Waals surface area contributed by atoms with Crippen LogP contribution in [0.1, 0.15) is 16.1 Å². The first-order valence-electron chi connectivity index (χ1n) is 9.41. The molecule has 1 aromatic carbocycles. The molecule has 8 heteroatoms. The van der Waals surface area contributed by atoms with Crippen molar-refractivity contribution >= 4 is 11.9 Å². The van der Waals surface area contributed by atoms with E-state index in [-0.39, 0.29) is 12.7 Å². The molecular weight excluding hydrogens is 360 g/mol. The highest BCUT2D eigenvalue weighted by Crippen LogP contribution is 2.32. The van der Waals surface area contributed by atoms with E-state index in [0.29, 0.717) is 18.8 Å². The highest BCUT2D eigenvalue weighted by Gasteiger charge is 2.25. The minimum atomic E-state index is -0.0598. The van der Waals surface area contributed by atoms with Crippen molar-refractivity contribution in [2.45, 2.75) is 6.42 Å². The van der Waals surface area contributed by atoms with Gasteiger partial charge in [0, 0.05) is 39.8 Å². The number of rotatable bonds is 4. The van der Waals surface area contributed by atoms with Crippen LogP contribution in [-0.4, -0.2) is 68.2 Å². The molecule has 3 heterocycles. The number of hydrogen-bond acceptors (Lipinski definition) is 5. The summed E-state index contributed by atoms with van der Waals surface area (Å²) in [7, 11) is 1.78. The Labute approximate surface area is 163 Å². The number of nitrogens with one attached hydrogen (secondary N) is 1. The number of aliphatic imine (C=N–C) groups is 1. The van der Waals surface area contributed by atoms with Gasteiger partial charge in [-0.05, 0) is 36.2 Å². The highest BCUT2D eigenvalue weighted by molar-refractivity contribution is 5.91. The van der Waals surface area contributed by atoms with E-state index in [9.17, 15) is 4.79 Å². The lowest BCUT2D eigenvalue weighted by molar-refractivity contribution is 0.0658. The fraction of sp³-hybridized carbons (Fsp3) is 0.400. The first kappa shape index (κ1) is 18.2. The van der Waals surface area contributed by atoms with Crippen molar-refractivity contribution in [2.75, 3.05) is 46.6 Å². The monoisotopic (exact) mass is 384 g/mol. The van der Waals surface area contributed by atoms with Gasteiger partial charge >= 0.3 is 0 Å². The third-order valence-corrected chi connectivity index (χ3v) is 4.94. The summed E-state index contributed by atoms with van der Waals surface area (Å²) in [5, 5.41) is 3.41. The van der Waals surface area contributed by atoms with Crippen LogP contribution in [0.25, 0.3) is 0 Å². The first-order valence-corrected chi connectivity index (χ1v) is 9.41. The largest absolute Gasteiger partial charge is 0.459 e. The Kier molecular flexibility index (Phi) is 5.36. The number of fused-ring (bicyclic) bond motifs is 1. The Bertz CT molecular complexity index is 842. The van der Waals surface area contributed by atoms with E-state index in [1.165, 1.54) is 11.8 Å². The van der Waals surface area contributed by atoms with E-state index in [4.69, 9.17) is 13.9 Å². The number of carbonyl (C=O) groups excluding carboxylic acids is 1. The maximum Gasteiger partial charge on any atom is 0.289 e. The van der Waals surface area contributed by atoms with Crippen LogP contribution in [0.4, 0.5) is 0 Å². The summed E-state index contributed by atoms with van der Waals surface area (Å²) in [6.45, 7) is 3.80. The Hall–Kier alpha value is -3.16. The third-order valence-electron chi connectivity index (χ3n) is 4.94. The normalized spacial score (nSPS) is 16.4. The molecule has 8 nitrogen and oxygen atoms in total. The zero-order chi connectivity index (χ0) is 19.3. The van der Waals surface area contributed by atoms with Gasteiger partial charge in [0.25, 0.3) is 5.91 Å². The van der Waals surface area contributed by atoms with Crippen molar-refractivity contribution in [3.8, 4) is 11.5 Å². The number of guanidine groups is 1. The molecule has 1 aromatic heterocycles. The molecule has 0 atom stereocenters. The van der Waals surface area contributed by atoms with Crippen LogP contribution >= 0.6 is 0 Å². The molecule has 1 saturated heterocycles. The fourth-order valence-electron chi connectivity index (χ4n) is 3.42. The lowest BCUT2D eigenvalue weighted by atomic mass is 10.1. The average molecular weight is 384 g/mol. The molecule has 0 bridgehead atoms. The summed E-state index contributed by atoms with van der Waals surface area (Å²) >= 11 is 0. The molecule has 1 amide bonds. The minimum absolute atomic E-state index is 0.0598. The van der Waals surface area contributed by atoms with Gasteiger partial charge in [0.2, 0.25) is 6.79 Å². The van der Waals surface area contributed by atoms with Gasteiger partial charge in [0.1, 0.15) is 0 Å². The number of carbonyl (C=O) groups is 1. The van der Waals surface area contributed by atoms with Crippen LogP contribution in [0.2, 0.25) is 0 Å². The maximum atomic E-state index is 12.4. The fourth-order valence-corrected chi connectivity index (χ4v) is 3.42. The number of piperazine rings is 1. The second-order valence-electron chi connectivity index (χ2n) is 6.67. The molecule has 4 rings (SSSR count). The van der Waals surface area contributed by atoms with Crippen molar-refractivity contribution in [1.29, 1.82) is 0 Å². The summed E-state index contributed by atoms with van der Waals surface area (Å²) in [5.74, 6) is 2.79. The molecule has 0 radical (unpaired) electrons. The van der Waals surface area contributed by atoms with Gasteiger partial charge in [0.05, 0.1) is 6.26 Å². The number of ether oxygens (including phenoxy) is 2. The average Bonchev–Trinajstić information content (AvgIpc) is 3.42. The van der Waals surface area contributed by atoms with Crippen molar-refractivity contribution in [2.24, 2.45) is 4.99 Å². The summed E-state index contributed by atoms with van der Waals surface area (Å²) in [4.78, 5) is 20.7. The van der Waals surface area contributed by atoms with Crippen molar-refractivity contribution in [3.63, 3.8) is 0 Å². The Balaban J connectivity index is 1.25. The van der Waals surface area contributed by atoms with E-state index in [1.54, 1.807) is 19.2 Å². The molecule has 0 unspecified atom stereocenters. The van der Waals surface area contributed by atoms with E-state index in [1.807, 2.05) is 17.0 Å².